The molecule has 128 heavy (non-hydrogen) atoms. The van der Waals surface area contributed by atoms with Crippen molar-refractivity contribution in [3.63, 3.8) is 0 Å². The van der Waals surface area contributed by atoms with E-state index in [1.807, 2.05) is 41.5 Å². The molecule has 18 fully saturated rings. The molecule has 18 aliphatic heterocycles. The lowest BCUT2D eigenvalue weighted by molar-refractivity contribution is 0.0373. The molecule has 0 spiro atoms. The fourth-order valence-electron chi connectivity index (χ4n) is 34.2. The van der Waals surface area contributed by atoms with E-state index in [1.54, 1.807) is 44.0 Å². The molecule has 6 unspecified atom stereocenters. The molecule has 6 atom stereocenters. The fraction of sp³-hybridized carbons (Fsp3) is 0.483. The quantitative estimate of drug-likeness (QED) is 0.163. The molecule has 24 heterocycles. The third-order valence-electron chi connectivity index (χ3n) is 40.6. The van der Waals surface area contributed by atoms with Gasteiger partial charge in [-0.1, -0.05) is 109 Å². The Morgan fingerprint density at radius 3 is 1.05 bits per heavy atom. The molecule has 18 aliphatic carbocycles. The Morgan fingerprint density at radius 1 is 0.289 bits per heavy atom. The summed E-state index contributed by atoms with van der Waals surface area (Å²) in [6.07, 6.45) is 45.1. The average Bonchev–Trinajstić information content (AvgIpc) is 1.21. The van der Waals surface area contributed by atoms with Crippen LogP contribution < -0.4 is 29.4 Å². The third kappa shape index (κ3) is 9.86. The second kappa shape index (κ2) is 27.6. The molecule has 0 amide bonds. The summed E-state index contributed by atoms with van der Waals surface area (Å²) in [5, 5.41) is 7.23. The van der Waals surface area contributed by atoms with Crippen LogP contribution in [-0.4, -0.2) is 45.4 Å². The van der Waals surface area contributed by atoms with Crippen LogP contribution in [-0.2, 0) is 79.8 Å². The Morgan fingerprint density at radius 2 is 0.609 bits per heavy atom. The number of hydrogen-bond donors (Lipinski definition) is 0. The van der Waals surface area contributed by atoms with Crippen LogP contribution in [0.1, 0.15) is 295 Å². The van der Waals surface area contributed by atoms with Crippen LogP contribution >= 0.6 is 22.7 Å². The van der Waals surface area contributed by atoms with E-state index in [9.17, 15) is 0 Å². The maximum Gasteiger partial charge on any atom is 0.133 e. The first-order valence-electron chi connectivity index (χ1n) is 49.7. The van der Waals surface area contributed by atoms with Gasteiger partial charge >= 0.3 is 0 Å². The first-order valence-corrected chi connectivity index (χ1v) is 51.5. The predicted molar refractivity (Wildman–Crippen MR) is 527 cm³/mol. The summed E-state index contributed by atoms with van der Waals surface area (Å²) in [4.78, 5) is 18.3. The van der Waals surface area contributed by atoms with Gasteiger partial charge in [0, 0.05) is 163 Å². The summed E-state index contributed by atoms with van der Waals surface area (Å²) >= 11 is 3.92. The zero-order valence-electron chi connectivity index (χ0n) is 78.4. The Bertz CT molecular complexity index is 5880. The van der Waals surface area contributed by atoms with Gasteiger partial charge in [0.25, 0.3) is 0 Å². The van der Waals surface area contributed by atoms with Gasteiger partial charge in [0.15, 0.2) is 0 Å². The second-order valence-electron chi connectivity index (χ2n) is 44.3. The highest BCUT2D eigenvalue weighted by Gasteiger charge is 2.72. The normalized spacial score (nSPS) is 35.7. The van der Waals surface area contributed by atoms with E-state index in [0.717, 1.165) is 0 Å². The summed E-state index contributed by atoms with van der Waals surface area (Å²) < 4.78 is 16.4. The molecule has 10 nitrogen and oxygen atoms in total. The van der Waals surface area contributed by atoms with Gasteiger partial charge in [-0.05, 0) is 375 Å². The molecule has 12 heteroatoms. The summed E-state index contributed by atoms with van der Waals surface area (Å²) in [5.74, 6) is 1.27. The van der Waals surface area contributed by atoms with Crippen molar-refractivity contribution in [3.8, 4) is 0 Å². The minimum atomic E-state index is 0.102. The molecule has 0 radical (unpaired) electrons. The van der Waals surface area contributed by atoms with Crippen molar-refractivity contribution in [1.82, 2.24) is 9.13 Å². The summed E-state index contributed by atoms with van der Waals surface area (Å²) in [7, 11) is 4.42. The monoisotopic (exact) mass is 1730 g/mol. The highest BCUT2D eigenvalue weighted by Crippen LogP contribution is 2.74. The van der Waals surface area contributed by atoms with Gasteiger partial charge in [-0.15, -0.1) is 11.3 Å². The van der Waals surface area contributed by atoms with Crippen molar-refractivity contribution in [3.05, 3.63) is 317 Å². The van der Waals surface area contributed by atoms with Gasteiger partial charge in [0.1, 0.15) is 5.76 Å². The molecule has 36 aliphatic rings. The number of piperidine rings is 12. The summed E-state index contributed by atoms with van der Waals surface area (Å²) in [6.45, 7) is 28.3. The third-order valence-corrected chi connectivity index (χ3v) is 42.5. The van der Waals surface area contributed by atoms with E-state index >= 15 is 0 Å². The smallest absolute Gasteiger partial charge is 0.133 e. The van der Waals surface area contributed by atoms with Gasteiger partial charge in [-0.25, -0.2) is 0 Å². The number of nitrogens with zero attached hydrogens (tertiary/aromatic N) is 8. The number of thiophene rings is 2. The number of para-hydroxylation sites is 6. The van der Waals surface area contributed by atoms with Crippen LogP contribution in [0, 0.1) is 41.5 Å². The molecule has 12 bridgehead atoms. The number of rotatable bonds is 6. The van der Waals surface area contributed by atoms with Gasteiger partial charge < -0.3 is 47.4 Å². The van der Waals surface area contributed by atoms with Crippen molar-refractivity contribution in [2.75, 3.05) is 29.4 Å². The first-order chi connectivity index (χ1) is 61.9. The van der Waals surface area contributed by atoms with Crippen molar-refractivity contribution in [2.24, 2.45) is 14.1 Å². The minimum Gasteiger partial charge on any atom is -0.472 e. The zero-order valence-corrected chi connectivity index (χ0v) is 80.1. The van der Waals surface area contributed by atoms with Crippen LogP contribution in [0.25, 0.3) is 0 Å². The Hall–Kier alpha value is -9.36. The molecule has 48 rings (SSSR count). The lowest BCUT2D eigenvalue weighted by atomic mass is 9.48. The fourth-order valence-corrected chi connectivity index (χ4v) is 36.5. The average molecular weight is 1730 g/mol. The zero-order chi connectivity index (χ0) is 87.2. The molecule has 6 saturated carbocycles. The largest absolute Gasteiger partial charge is 0.472 e. The minimum absolute atomic E-state index is 0.102. The maximum absolute atomic E-state index is 6.01. The van der Waals surface area contributed by atoms with Gasteiger partial charge in [0.05, 0.1) is 52.0 Å². The van der Waals surface area contributed by atoms with E-state index in [0.29, 0.717) is 68.7 Å². The number of benzene rings is 6. The molecule has 0 N–H and O–H groups in total. The van der Waals surface area contributed by atoms with Crippen LogP contribution in [0.5, 0.6) is 0 Å². The van der Waals surface area contributed by atoms with Crippen LogP contribution in [0.4, 0.5) is 34.1 Å². The SMILES string of the molecule is Cc1ccccc1N1C(C)C23CCC1(CC2)c1c3ccn1C.Cc1ccccc1N1C(C)C23CCC1(CC2)c1cn(C)cc13.Cc1ccccc1N1C(C)C23CCC1(CC2)c1cocc13.Cc1ccccc1N1C(C)C23CCC1(CC2)c1cscc13.Cc1ccccc1N1C(C)C23CCC1(CC2)c1occc13.Cc1ccccc1N1C(C)C23CCC1(CC2)c1sccc13. The highest BCUT2D eigenvalue weighted by atomic mass is 32.1. The van der Waals surface area contributed by atoms with Gasteiger partial charge in [-0.2, -0.15) is 11.3 Å². The first kappa shape index (κ1) is 80.7. The Balaban J connectivity index is 0.0000000833. The molecule has 660 valence electrons. The molecular formula is C116H132N8O2S2. The number of aryl methyl sites for hydroxylation is 8. The predicted octanol–water partition coefficient (Wildman–Crippen LogP) is 27.5. The number of hydrogen-bond acceptors (Lipinski definition) is 10. The van der Waals surface area contributed by atoms with E-state index in [4.69, 9.17) is 8.83 Å². The van der Waals surface area contributed by atoms with E-state index in [1.165, 1.54) is 244 Å². The lowest BCUT2D eigenvalue weighted by Gasteiger charge is -2.69. The number of furan rings is 2. The highest BCUT2D eigenvalue weighted by molar-refractivity contribution is 7.10. The van der Waals surface area contributed by atoms with Crippen molar-refractivity contribution in [1.29, 1.82) is 0 Å². The summed E-state index contributed by atoms with van der Waals surface area (Å²) in [6, 6.07) is 64.2. The summed E-state index contributed by atoms with van der Waals surface area (Å²) in [5.41, 5.74) is 36.7. The Labute approximate surface area is 769 Å². The Kier molecular flexibility index (Phi) is 17.4. The van der Waals surface area contributed by atoms with Crippen LogP contribution in [0.3, 0.4) is 0 Å². The standard InChI is InChI=1S/2C20H24N2.2C19H21NO.2C19H21NS/c1-14-6-4-5-7-17(14)22-15(2)19-9-11-20(22,12-10-19)18-16(19)8-13-21(18)3;1-14-6-4-5-7-18(14)22-15(2)19-8-10-20(22,11-9-19)17-13-21(3)12-16(17)19;1-13-5-3-4-6-16(13)20-14(2)18-8-10-19(20,11-9-18)17-15(18)7-12-21-17;1-13-5-3-4-6-17(13)20-14(2)18-7-9-19(20,10-8-18)16-12-21-11-15(16)18;1-13-5-3-4-6-16(13)20-14(2)18-8-10-19(20,11-9-18)17-15(18)7-12-21-17;1-13-5-3-4-6-17(13)20-14(2)18-7-9-19(20,10-8-18)16-12-21-11-15(16)18/h4-8,13,15H,9-12H2,1-3H3;4-7,12-13,15H,8-11H2,1-3H3;3-7,12,14H,8-11H2,1-2H3;3-6,11-12,14H,7-10H2,1-2H3;3-7,12,14H,8-11H2,1-2H3;3-6,11-12,14H,7-10H2,1-2H3. The molecule has 12 aromatic rings. The van der Waals surface area contributed by atoms with Crippen molar-refractivity contribution >= 4 is 56.8 Å². The van der Waals surface area contributed by atoms with Crippen molar-refractivity contribution < 1.29 is 8.83 Å². The van der Waals surface area contributed by atoms with Crippen LogP contribution in [0.15, 0.2) is 226 Å². The molecule has 6 aromatic heterocycles. The van der Waals surface area contributed by atoms with Gasteiger partial charge in [-0.3, -0.25) is 0 Å². The van der Waals surface area contributed by atoms with E-state index < -0.39 is 0 Å². The van der Waals surface area contributed by atoms with Gasteiger partial charge in [0.2, 0.25) is 0 Å². The maximum atomic E-state index is 6.01. The number of anilines is 6. The number of aromatic nitrogens is 2. The topological polar surface area (TPSA) is 55.6 Å². The van der Waals surface area contributed by atoms with E-state index in [2.05, 4.69) is 334 Å². The molecule has 12 saturated heterocycles. The molecule has 6 aromatic carbocycles. The van der Waals surface area contributed by atoms with E-state index in [-0.39, 0.29) is 33.2 Å². The molecular weight excluding hydrogens is 1600 g/mol. The van der Waals surface area contributed by atoms with Crippen LogP contribution in [0.2, 0.25) is 0 Å². The second-order valence-corrected chi connectivity index (χ2v) is 45.9. The lowest BCUT2D eigenvalue weighted by Crippen LogP contribution is -2.72. The van der Waals surface area contributed by atoms with Crippen molar-refractivity contribution in [2.45, 2.75) is 339 Å².